The molecule has 0 spiro atoms. The van der Waals surface area contributed by atoms with Crippen molar-refractivity contribution in [3.8, 4) is 11.5 Å². The molecule has 0 saturated carbocycles. The largest absolute Gasteiger partial charge is 0.493 e. The summed E-state index contributed by atoms with van der Waals surface area (Å²) < 4.78 is 20.0. The lowest BCUT2D eigenvalue weighted by molar-refractivity contribution is -0.146. The third-order valence-corrected chi connectivity index (χ3v) is 3.93. The zero-order chi connectivity index (χ0) is 19.7. The highest BCUT2D eigenvalue weighted by molar-refractivity contribution is 5.90. The van der Waals surface area contributed by atoms with Crippen LogP contribution in [0.5, 0.6) is 11.5 Å². The van der Waals surface area contributed by atoms with E-state index in [0.29, 0.717) is 12.0 Å². The van der Waals surface area contributed by atoms with E-state index < -0.39 is 23.9 Å². The van der Waals surface area contributed by atoms with Crippen LogP contribution in [0.2, 0.25) is 0 Å². The molecule has 0 aliphatic carbocycles. The Hall–Kier alpha value is -2.77. The van der Waals surface area contributed by atoms with Crippen LogP contribution in [0.1, 0.15) is 30.6 Å². The molecule has 0 bridgehead atoms. The SMILES string of the molecule is CC[C@@H](C)[C@@H](NC(=O)COc1ccc(C(=O)OC)cc1OC)C(=O)OC. The number of benzene rings is 1. The third kappa shape index (κ3) is 5.65. The van der Waals surface area contributed by atoms with Gasteiger partial charge in [-0.05, 0) is 24.1 Å². The second-order valence-electron chi connectivity index (χ2n) is 5.60. The molecular formula is C18H25NO7. The van der Waals surface area contributed by atoms with Crippen LogP contribution < -0.4 is 14.8 Å². The summed E-state index contributed by atoms with van der Waals surface area (Å²) in [6.07, 6.45) is 0.698. The summed E-state index contributed by atoms with van der Waals surface area (Å²) in [5.74, 6) is -1.00. The van der Waals surface area contributed by atoms with Crippen molar-refractivity contribution in [2.75, 3.05) is 27.9 Å². The maximum atomic E-state index is 12.1. The lowest BCUT2D eigenvalue weighted by atomic mass is 9.99. The van der Waals surface area contributed by atoms with Gasteiger partial charge in [-0.3, -0.25) is 4.79 Å². The average Bonchev–Trinajstić information content (AvgIpc) is 2.68. The van der Waals surface area contributed by atoms with Crippen LogP contribution in [0, 0.1) is 5.92 Å². The molecule has 0 radical (unpaired) electrons. The first-order valence-electron chi connectivity index (χ1n) is 8.14. The summed E-state index contributed by atoms with van der Waals surface area (Å²) in [4.78, 5) is 35.5. The Morgan fingerprint density at radius 2 is 1.77 bits per heavy atom. The Bertz CT molecular complexity index is 644. The monoisotopic (exact) mass is 367 g/mol. The summed E-state index contributed by atoms with van der Waals surface area (Å²) in [5, 5.41) is 2.61. The van der Waals surface area contributed by atoms with Crippen molar-refractivity contribution in [1.82, 2.24) is 5.32 Å². The van der Waals surface area contributed by atoms with Gasteiger partial charge in [-0.2, -0.15) is 0 Å². The molecule has 8 nitrogen and oxygen atoms in total. The number of esters is 2. The van der Waals surface area contributed by atoms with Crippen LogP contribution in [0.15, 0.2) is 18.2 Å². The summed E-state index contributed by atoms with van der Waals surface area (Å²) >= 11 is 0. The number of carbonyl (C=O) groups is 3. The van der Waals surface area contributed by atoms with Gasteiger partial charge in [0.15, 0.2) is 18.1 Å². The summed E-state index contributed by atoms with van der Waals surface area (Å²) in [5.41, 5.74) is 0.295. The van der Waals surface area contributed by atoms with Crippen molar-refractivity contribution in [3.05, 3.63) is 23.8 Å². The van der Waals surface area contributed by atoms with Crippen molar-refractivity contribution in [1.29, 1.82) is 0 Å². The molecule has 26 heavy (non-hydrogen) atoms. The highest BCUT2D eigenvalue weighted by Gasteiger charge is 2.26. The molecule has 0 saturated heterocycles. The van der Waals surface area contributed by atoms with Crippen molar-refractivity contribution in [2.45, 2.75) is 26.3 Å². The molecule has 0 aromatic heterocycles. The van der Waals surface area contributed by atoms with E-state index in [2.05, 4.69) is 10.1 Å². The van der Waals surface area contributed by atoms with E-state index in [1.807, 2.05) is 13.8 Å². The number of methoxy groups -OCH3 is 3. The second-order valence-corrected chi connectivity index (χ2v) is 5.60. The fourth-order valence-electron chi connectivity index (χ4n) is 2.19. The number of amides is 1. The van der Waals surface area contributed by atoms with Gasteiger partial charge in [0.2, 0.25) is 0 Å². The van der Waals surface area contributed by atoms with E-state index >= 15 is 0 Å². The van der Waals surface area contributed by atoms with Crippen molar-refractivity contribution in [2.24, 2.45) is 5.92 Å². The predicted octanol–water partition coefficient (Wildman–Crippen LogP) is 1.56. The number of hydrogen-bond acceptors (Lipinski definition) is 7. The molecule has 0 fully saturated rings. The summed E-state index contributed by atoms with van der Waals surface area (Å²) in [6, 6.07) is 3.71. The topological polar surface area (TPSA) is 100 Å². The van der Waals surface area contributed by atoms with Gasteiger partial charge in [0.25, 0.3) is 5.91 Å². The maximum Gasteiger partial charge on any atom is 0.337 e. The minimum Gasteiger partial charge on any atom is -0.493 e. The minimum absolute atomic E-state index is 0.0831. The van der Waals surface area contributed by atoms with E-state index in [0.717, 1.165) is 0 Å². The number of nitrogens with one attached hydrogen (secondary N) is 1. The lowest BCUT2D eigenvalue weighted by Crippen LogP contribution is -2.47. The third-order valence-electron chi connectivity index (χ3n) is 3.93. The van der Waals surface area contributed by atoms with E-state index in [1.54, 1.807) is 0 Å². The molecule has 0 aliphatic heterocycles. The van der Waals surface area contributed by atoms with Crippen molar-refractivity contribution in [3.63, 3.8) is 0 Å². The van der Waals surface area contributed by atoms with E-state index in [4.69, 9.17) is 14.2 Å². The van der Waals surface area contributed by atoms with Crippen LogP contribution in [-0.2, 0) is 19.1 Å². The zero-order valence-electron chi connectivity index (χ0n) is 15.7. The first-order chi connectivity index (χ1) is 12.4. The molecule has 0 unspecified atom stereocenters. The van der Waals surface area contributed by atoms with Gasteiger partial charge in [-0.1, -0.05) is 20.3 Å². The minimum atomic E-state index is -0.746. The van der Waals surface area contributed by atoms with E-state index in [1.165, 1.54) is 39.5 Å². The predicted molar refractivity (Wildman–Crippen MR) is 93.2 cm³/mol. The standard InChI is InChI=1S/C18H25NO7/c1-6-11(2)16(18(22)25-5)19-15(20)10-26-13-8-7-12(17(21)24-4)9-14(13)23-3/h7-9,11,16H,6,10H2,1-5H3,(H,19,20)/t11-,16-/m1/s1. The summed E-state index contributed by atoms with van der Waals surface area (Å²) in [7, 11) is 3.96. The number of hydrogen-bond donors (Lipinski definition) is 1. The quantitative estimate of drug-likeness (QED) is 0.661. The molecule has 1 amide bonds. The number of rotatable bonds is 9. The molecule has 2 atom stereocenters. The maximum absolute atomic E-state index is 12.1. The Labute approximate surface area is 152 Å². The fourth-order valence-corrected chi connectivity index (χ4v) is 2.19. The first-order valence-corrected chi connectivity index (χ1v) is 8.14. The van der Waals surface area contributed by atoms with Crippen molar-refractivity contribution >= 4 is 17.8 Å². The van der Waals surface area contributed by atoms with Gasteiger partial charge in [0.05, 0.1) is 26.9 Å². The van der Waals surface area contributed by atoms with Gasteiger partial charge >= 0.3 is 11.9 Å². The number of carbonyl (C=O) groups excluding carboxylic acids is 3. The zero-order valence-corrected chi connectivity index (χ0v) is 15.7. The molecule has 8 heteroatoms. The normalized spacial score (nSPS) is 12.5. The Morgan fingerprint density at radius 1 is 1.08 bits per heavy atom. The Morgan fingerprint density at radius 3 is 2.31 bits per heavy atom. The Kier molecular flexibility index (Phi) is 8.41. The Balaban J connectivity index is 2.77. The fraction of sp³-hybridized carbons (Fsp3) is 0.500. The molecule has 1 rings (SSSR count). The van der Waals surface area contributed by atoms with Crippen LogP contribution >= 0.6 is 0 Å². The van der Waals surface area contributed by atoms with Gasteiger partial charge in [-0.25, -0.2) is 9.59 Å². The van der Waals surface area contributed by atoms with Crippen LogP contribution in [0.3, 0.4) is 0 Å². The molecule has 0 aliphatic rings. The molecule has 1 N–H and O–H groups in total. The second kappa shape index (κ2) is 10.3. The van der Waals surface area contributed by atoms with E-state index in [-0.39, 0.29) is 24.0 Å². The van der Waals surface area contributed by atoms with Gasteiger partial charge < -0.3 is 24.3 Å². The molecule has 1 aromatic rings. The number of ether oxygens (including phenoxy) is 4. The van der Waals surface area contributed by atoms with Crippen LogP contribution in [-0.4, -0.2) is 51.8 Å². The van der Waals surface area contributed by atoms with Gasteiger partial charge in [-0.15, -0.1) is 0 Å². The lowest BCUT2D eigenvalue weighted by Gasteiger charge is -2.22. The van der Waals surface area contributed by atoms with Crippen LogP contribution in [0.25, 0.3) is 0 Å². The average molecular weight is 367 g/mol. The van der Waals surface area contributed by atoms with Crippen molar-refractivity contribution < 1.29 is 33.3 Å². The van der Waals surface area contributed by atoms with Crippen LogP contribution in [0.4, 0.5) is 0 Å². The highest BCUT2D eigenvalue weighted by Crippen LogP contribution is 2.28. The molecule has 144 valence electrons. The smallest absolute Gasteiger partial charge is 0.337 e. The highest BCUT2D eigenvalue weighted by atomic mass is 16.5. The molecular weight excluding hydrogens is 342 g/mol. The van der Waals surface area contributed by atoms with E-state index in [9.17, 15) is 14.4 Å². The molecule has 1 aromatic carbocycles. The first kappa shape index (κ1) is 21.3. The molecule has 0 heterocycles. The van der Waals surface area contributed by atoms with Gasteiger partial charge in [0, 0.05) is 0 Å². The summed E-state index contributed by atoms with van der Waals surface area (Å²) in [6.45, 7) is 3.44. The van der Waals surface area contributed by atoms with Gasteiger partial charge in [0.1, 0.15) is 6.04 Å².